The third-order valence-electron chi connectivity index (χ3n) is 5.85. The van der Waals surface area contributed by atoms with Crippen LogP contribution in [0.25, 0.3) is 0 Å². The van der Waals surface area contributed by atoms with Crippen molar-refractivity contribution in [1.29, 1.82) is 0 Å². The van der Waals surface area contributed by atoms with Crippen LogP contribution in [0, 0.1) is 5.82 Å². The van der Waals surface area contributed by atoms with Gasteiger partial charge in [0, 0.05) is 31.5 Å². The minimum absolute atomic E-state index is 0.00220. The molecule has 1 aliphatic rings. The molecule has 0 amide bonds. The number of nitrogens with zero attached hydrogens (tertiary/aromatic N) is 1. The SMILES string of the molecule is COC(CCn1ccc(=O)[nH]c1=O)C(O)(O)OP1OCc2c(F)c(C(C)(C)C)cc(C(C)(C)C)c2O1. The molecule has 2 heterocycles. The Hall–Kier alpha value is -2.14. The highest BCUT2D eigenvalue weighted by Gasteiger charge is 2.44. The maximum absolute atomic E-state index is 15.4. The largest absolute Gasteiger partial charge is 0.426 e. The number of fused-ring (bicyclic) bond motifs is 1. The van der Waals surface area contributed by atoms with Gasteiger partial charge in [-0.15, -0.1) is 0 Å². The number of H-pyrrole nitrogens is 1. The van der Waals surface area contributed by atoms with Gasteiger partial charge in [0.15, 0.2) is 0 Å². The summed E-state index contributed by atoms with van der Waals surface area (Å²) in [5.74, 6) is -3.02. The molecule has 3 rings (SSSR count). The van der Waals surface area contributed by atoms with E-state index in [0.29, 0.717) is 5.56 Å². The molecular formula is C24H34FN2O8P. The molecule has 0 saturated carbocycles. The number of hydrogen-bond acceptors (Lipinski definition) is 8. The van der Waals surface area contributed by atoms with E-state index in [0.717, 1.165) is 5.56 Å². The van der Waals surface area contributed by atoms with Crippen molar-refractivity contribution in [3.8, 4) is 5.75 Å². The maximum atomic E-state index is 15.4. The standard InChI is InChI=1S/C24H34FN2O8P/c1-22(2,3)15-12-16(23(4,5)6)20-14(19(15)25)13-33-36(34-20)35-24(30,31)17(32-7)8-10-27-11-9-18(28)26-21(27)29/h9,11-12,17,30-31H,8,10,13H2,1-7H3,(H,26,28,29). The van der Waals surface area contributed by atoms with E-state index in [1.807, 2.05) is 41.5 Å². The van der Waals surface area contributed by atoms with E-state index >= 15 is 4.39 Å². The number of aliphatic hydroxyl groups is 2. The summed E-state index contributed by atoms with van der Waals surface area (Å²) in [7, 11) is -1.09. The van der Waals surface area contributed by atoms with Crippen molar-refractivity contribution in [2.45, 2.75) is 84.0 Å². The summed E-state index contributed by atoms with van der Waals surface area (Å²) < 4.78 is 38.6. The summed E-state index contributed by atoms with van der Waals surface area (Å²) in [5.41, 5.74) is -0.542. The van der Waals surface area contributed by atoms with Crippen molar-refractivity contribution < 1.29 is 32.9 Å². The minimum Gasteiger partial charge on any atom is -0.426 e. The zero-order valence-electron chi connectivity index (χ0n) is 21.5. The quantitative estimate of drug-likeness (QED) is 0.369. The van der Waals surface area contributed by atoms with Crippen LogP contribution < -0.4 is 15.8 Å². The van der Waals surface area contributed by atoms with Crippen LogP contribution in [0.4, 0.5) is 4.39 Å². The van der Waals surface area contributed by atoms with Gasteiger partial charge >= 0.3 is 20.3 Å². The Balaban J connectivity index is 1.83. The van der Waals surface area contributed by atoms with E-state index in [9.17, 15) is 19.8 Å². The van der Waals surface area contributed by atoms with E-state index in [1.54, 1.807) is 6.07 Å². The van der Waals surface area contributed by atoms with E-state index in [-0.39, 0.29) is 30.9 Å². The van der Waals surface area contributed by atoms with Gasteiger partial charge in [0.1, 0.15) is 17.7 Å². The number of aromatic nitrogens is 2. The maximum Gasteiger partial charge on any atom is 0.402 e. The molecule has 1 aliphatic heterocycles. The Bertz CT molecular complexity index is 1210. The van der Waals surface area contributed by atoms with Gasteiger partial charge in [-0.3, -0.25) is 14.3 Å². The summed E-state index contributed by atoms with van der Waals surface area (Å²) in [4.78, 5) is 25.2. The van der Waals surface area contributed by atoms with Crippen LogP contribution in [0.1, 0.15) is 64.7 Å². The first-order chi connectivity index (χ1) is 16.5. The predicted octanol–water partition coefficient (Wildman–Crippen LogP) is 3.17. The minimum atomic E-state index is -2.85. The van der Waals surface area contributed by atoms with Gasteiger partial charge in [-0.05, 0) is 28.9 Å². The molecule has 0 fully saturated rings. The smallest absolute Gasteiger partial charge is 0.402 e. The Labute approximate surface area is 210 Å². The lowest BCUT2D eigenvalue weighted by atomic mass is 9.78. The van der Waals surface area contributed by atoms with Crippen LogP contribution in [0.15, 0.2) is 27.9 Å². The van der Waals surface area contributed by atoms with Gasteiger partial charge < -0.3 is 24.0 Å². The summed E-state index contributed by atoms with van der Waals surface area (Å²) in [6, 6.07) is 2.95. The number of ether oxygens (including phenoxy) is 1. The van der Waals surface area contributed by atoms with E-state index in [1.165, 1.54) is 23.9 Å². The molecule has 2 unspecified atom stereocenters. The van der Waals surface area contributed by atoms with E-state index in [4.69, 9.17) is 18.3 Å². The average Bonchev–Trinajstić information content (AvgIpc) is 2.73. The molecule has 0 aliphatic carbocycles. The van der Waals surface area contributed by atoms with Crippen molar-refractivity contribution in [1.82, 2.24) is 9.55 Å². The topological polar surface area (TPSA) is 132 Å². The molecule has 0 radical (unpaired) electrons. The fourth-order valence-electron chi connectivity index (χ4n) is 3.80. The fourth-order valence-corrected chi connectivity index (χ4v) is 4.87. The highest BCUT2D eigenvalue weighted by molar-refractivity contribution is 7.42. The third kappa shape index (κ3) is 6.22. The van der Waals surface area contributed by atoms with Crippen LogP contribution in [0.3, 0.4) is 0 Å². The van der Waals surface area contributed by atoms with Gasteiger partial charge in [-0.25, -0.2) is 13.7 Å². The number of aromatic amines is 1. The molecule has 10 nitrogen and oxygen atoms in total. The second-order valence-corrected chi connectivity index (χ2v) is 11.8. The van der Waals surface area contributed by atoms with Crippen molar-refractivity contribution in [2.75, 3.05) is 7.11 Å². The monoisotopic (exact) mass is 528 g/mol. The highest BCUT2D eigenvalue weighted by atomic mass is 31.2. The number of aryl methyl sites for hydroxylation is 1. The Kier molecular flexibility index (Phi) is 8.15. The van der Waals surface area contributed by atoms with Crippen LogP contribution >= 0.6 is 8.60 Å². The first-order valence-electron chi connectivity index (χ1n) is 11.5. The number of halogens is 1. The van der Waals surface area contributed by atoms with Gasteiger partial charge in [0.25, 0.3) is 5.56 Å². The lowest BCUT2D eigenvalue weighted by molar-refractivity contribution is -0.345. The zero-order valence-corrected chi connectivity index (χ0v) is 22.4. The molecular weight excluding hydrogens is 494 g/mol. The van der Waals surface area contributed by atoms with Crippen molar-refractivity contribution >= 4 is 8.60 Å². The molecule has 0 bridgehead atoms. The van der Waals surface area contributed by atoms with Gasteiger partial charge in [-0.1, -0.05) is 41.5 Å². The van der Waals surface area contributed by atoms with Gasteiger partial charge in [0.05, 0.1) is 12.2 Å². The van der Waals surface area contributed by atoms with Gasteiger partial charge in [0.2, 0.25) is 0 Å². The molecule has 200 valence electrons. The molecule has 0 spiro atoms. The molecule has 12 heteroatoms. The Morgan fingerprint density at radius 1 is 1.17 bits per heavy atom. The summed E-state index contributed by atoms with van der Waals surface area (Å²) >= 11 is 0. The van der Waals surface area contributed by atoms with Crippen molar-refractivity contribution in [2.24, 2.45) is 0 Å². The van der Waals surface area contributed by atoms with Crippen LogP contribution in [0.5, 0.6) is 5.75 Å². The molecule has 1 aromatic carbocycles. The Morgan fingerprint density at radius 3 is 2.36 bits per heavy atom. The number of rotatable bonds is 7. The van der Waals surface area contributed by atoms with Crippen LogP contribution in [0.2, 0.25) is 0 Å². The second-order valence-electron chi connectivity index (χ2n) is 10.7. The third-order valence-corrected chi connectivity index (χ3v) is 6.94. The number of hydrogen-bond donors (Lipinski definition) is 3. The van der Waals surface area contributed by atoms with Crippen molar-refractivity contribution in [3.05, 3.63) is 61.7 Å². The van der Waals surface area contributed by atoms with E-state index < -0.39 is 48.6 Å². The lowest BCUT2D eigenvalue weighted by Crippen LogP contribution is -2.46. The molecule has 0 saturated heterocycles. The van der Waals surface area contributed by atoms with Crippen LogP contribution in [-0.2, 0) is 37.8 Å². The fraction of sp³-hybridized carbons (Fsp3) is 0.583. The summed E-state index contributed by atoms with van der Waals surface area (Å²) in [6.07, 6.45) is -0.0884. The number of methoxy groups -OCH3 is 1. The molecule has 1 aromatic heterocycles. The first kappa shape index (κ1) is 28.4. The number of benzene rings is 1. The molecule has 2 aromatic rings. The summed E-state index contributed by atoms with van der Waals surface area (Å²) in [5, 5.41) is 21.3. The second kappa shape index (κ2) is 10.3. The first-order valence-corrected chi connectivity index (χ1v) is 12.6. The van der Waals surface area contributed by atoms with Crippen molar-refractivity contribution in [3.63, 3.8) is 0 Å². The highest BCUT2D eigenvalue weighted by Crippen LogP contribution is 2.54. The molecule has 3 N–H and O–H groups in total. The molecule has 2 atom stereocenters. The predicted molar refractivity (Wildman–Crippen MR) is 131 cm³/mol. The van der Waals surface area contributed by atoms with Crippen LogP contribution in [-0.4, -0.2) is 39.0 Å². The molecule has 36 heavy (non-hydrogen) atoms. The summed E-state index contributed by atoms with van der Waals surface area (Å²) in [6.45, 7) is 11.5. The lowest BCUT2D eigenvalue weighted by Gasteiger charge is -2.36. The zero-order chi connectivity index (χ0) is 27.1. The van der Waals surface area contributed by atoms with Gasteiger partial charge in [-0.2, -0.15) is 0 Å². The average molecular weight is 529 g/mol. The Morgan fingerprint density at radius 2 is 1.81 bits per heavy atom. The van der Waals surface area contributed by atoms with E-state index in [2.05, 4.69) is 4.98 Å². The number of nitrogens with one attached hydrogen (secondary N) is 1. The normalized spacial score (nSPS) is 17.4.